The zero-order valence-corrected chi connectivity index (χ0v) is 19.8. The smallest absolute Gasteiger partial charge is 0.343 e. The number of rotatable bonds is 8. The second-order valence-corrected chi connectivity index (χ2v) is 7.06. The summed E-state index contributed by atoms with van der Waals surface area (Å²) < 4.78 is 9.69. The number of thioether (sulfide) groups is 2. The molecule has 0 amide bonds. The van der Waals surface area contributed by atoms with Crippen molar-refractivity contribution in [2.24, 2.45) is 0 Å². The Morgan fingerprint density at radius 3 is 1.90 bits per heavy atom. The highest BCUT2D eigenvalue weighted by molar-refractivity contribution is 7.98. The van der Waals surface area contributed by atoms with Gasteiger partial charge in [-0.3, -0.25) is 0 Å². The molecule has 0 saturated carbocycles. The van der Waals surface area contributed by atoms with Gasteiger partial charge in [0.1, 0.15) is 22.1 Å². The lowest BCUT2D eigenvalue weighted by atomic mass is 10.3. The zero-order chi connectivity index (χ0) is 22.5. The number of anilines is 1. The molecule has 2 aromatic rings. The van der Waals surface area contributed by atoms with E-state index in [-0.39, 0.29) is 10.7 Å². The molecule has 9 nitrogen and oxygen atoms in total. The molecule has 12 heteroatoms. The second-order valence-electron chi connectivity index (χ2n) is 5.15. The predicted octanol–water partition coefficient (Wildman–Crippen LogP) is 3.84. The lowest BCUT2D eigenvalue weighted by Crippen LogP contribution is -2.12. The number of aromatic nitrogens is 4. The first-order valence-corrected chi connectivity index (χ1v) is 11.8. The van der Waals surface area contributed by atoms with Crippen molar-refractivity contribution in [3.8, 4) is 0 Å². The first-order valence-electron chi connectivity index (χ1n) is 8.97. The normalized spacial score (nSPS) is 9.93. The van der Waals surface area contributed by atoms with Crippen LogP contribution in [-0.2, 0) is 9.47 Å². The Labute approximate surface area is 189 Å². The van der Waals surface area contributed by atoms with Crippen LogP contribution in [0.3, 0.4) is 0 Å². The van der Waals surface area contributed by atoms with E-state index in [0.717, 1.165) is 0 Å². The van der Waals surface area contributed by atoms with Crippen LogP contribution in [0.15, 0.2) is 22.7 Å². The Kier molecular flexibility index (Phi) is 12.1. The molecule has 0 bridgehead atoms. The number of hydrogen-bond donors (Lipinski definition) is 1. The first kappa shape index (κ1) is 25.9. The molecule has 164 valence electrons. The number of nitrogens with one attached hydrogen (secondary N) is 1. The molecule has 2 rings (SSSR count). The van der Waals surface area contributed by atoms with Gasteiger partial charge in [-0.1, -0.05) is 35.1 Å². The lowest BCUT2D eigenvalue weighted by Gasteiger charge is -2.09. The van der Waals surface area contributed by atoms with Crippen LogP contribution in [-0.4, -0.2) is 64.1 Å². The van der Waals surface area contributed by atoms with Crippen molar-refractivity contribution in [1.82, 2.24) is 19.9 Å². The van der Waals surface area contributed by atoms with Gasteiger partial charge in [0.25, 0.3) is 0 Å². The average molecular weight is 474 g/mol. The van der Waals surface area contributed by atoms with Crippen LogP contribution in [0.1, 0.15) is 41.5 Å². The van der Waals surface area contributed by atoms with Crippen molar-refractivity contribution in [1.29, 1.82) is 0 Å². The van der Waals surface area contributed by atoms with E-state index in [2.05, 4.69) is 25.3 Å². The molecule has 0 saturated heterocycles. The Morgan fingerprint density at radius 1 is 0.933 bits per heavy atom. The van der Waals surface area contributed by atoms with Crippen LogP contribution >= 0.6 is 35.1 Å². The van der Waals surface area contributed by atoms with Gasteiger partial charge in [-0.2, -0.15) is 0 Å². The molecule has 0 spiro atoms. The molecule has 2 aromatic heterocycles. The highest BCUT2D eigenvalue weighted by atomic mass is 35.5. The van der Waals surface area contributed by atoms with Crippen molar-refractivity contribution in [2.45, 2.75) is 31.1 Å². The summed E-state index contributed by atoms with van der Waals surface area (Å²) in [5, 5.41) is 4.31. The minimum absolute atomic E-state index is 0.128. The zero-order valence-electron chi connectivity index (χ0n) is 17.4. The maximum Gasteiger partial charge on any atom is 0.343 e. The minimum Gasteiger partial charge on any atom is -0.462 e. The first-order chi connectivity index (χ1) is 14.4. The van der Waals surface area contributed by atoms with Crippen LogP contribution in [0.4, 0.5) is 5.82 Å². The number of ether oxygens (including phenoxy) is 2. The molecule has 0 fully saturated rings. The molecular formula is C18H24ClN5O4S2. The van der Waals surface area contributed by atoms with Gasteiger partial charge in [0.15, 0.2) is 10.3 Å². The van der Waals surface area contributed by atoms with Gasteiger partial charge in [0, 0.05) is 18.9 Å². The van der Waals surface area contributed by atoms with Gasteiger partial charge in [-0.05, 0) is 33.3 Å². The third-order valence-electron chi connectivity index (χ3n) is 3.19. The van der Waals surface area contributed by atoms with E-state index >= 15 is 0 Å². The third kappa shape index (κ3) is 7.96. The van der Waals surface area contributed by atoms with Crippen LogP contribution in [0.25, 0.3) is 0 Å². The molecule has 0 aromatic carbocycles. The largest absolute Gasteiger partial charge is 0.462 e. The summed E-state index contributed by atoms with van der Waals surface area (Å²) in [6.07, 6.45) is 6.58. The van der Waals surface area contributed by atoms with E-state index in [1.54, 1.807) is 13.8 Å². The quantitative estimate of drug-likeness (QED) is 0.261. The number of carbonyl (C=O) groups excluding carboxylic acids is 2. The summed E-state index contributed by atoms with van der Waals surface area (Å²) in [5.74, 6) is -0.364. The molecular weight excluding hydrogens is 450 g/mol. The van der Waals surface area contributed by atoms with Gasteiger partial charge < -0.3 is 14.8 Å². The molecule has 2 heterocycles. The minimum atomic E-state index is -0.495. The predicted molar refractivity (Wildman–Crippen MR) is 119 cm³/mol. The van der Waals surface area contributed by atoms with Gasteiger partial charge in [0.2, 0.25) is 0 Å². The molecule has 1 N–H and O–H groups in total. The molecule has 0 unspecified atom stereocenters. The fourth-order valence-electron chi connectivity index (χ4n) is 1.91. The third-order valence-corrected chi connectivity index (χ3v) is 4.60. The Hall–Kier alpha value is -2.11. The van der Waals surface area contributed by atoms with E-state index in [0.29, 0.717) is 41.5 Å². The monoisotopic (exact) mass is 473 g/mol. The van der Waals surface area contributed by atoms with Crippen molar-refractivity contribution < 1.29 is 19.1 Å². The highest BCUT2D eigenvalue weighted by Gasteiger charge is 2.15. The maximum atomic E-state index is 11.6. The van der Waals surface area contributed by atoms with Crippen molar-refractivity contribution in [3.63, 3.8) is 0 Å². The van der Waals surface area contributed by atoms with Crippen LogP contribution in [0.2, 0.25) is 5.15 Å². The summed E-state index contributed by atoms with van der Waals surface area (Å²) in [6.45, 7) is 6.77. The fourth-order valence-corrected chi connectivity index (χ4v) is 2.85. The molecule has 30 heavy (non-hydrogen) atoms. The summed E-state index contributed by atoms with van der Waals surface area (Å²) in [4.78, 5) is 39.0. The molecule has 0 aliphatic heterocycles. The fraction of sp³-hybridized carbons (Fsp3) is 0.444. The van der Waals surface area contributed by atoms with E-state index in [4.69, 9.17) is 21.1 Å². The van der Waals surface area contributed by atoms with Gasteiger partial charge in [-0.15, -0.1) is 0 Å². The van der Waals surface area contributed by atoms with Crippen LogP contribution in [0, 0.1) is 0 Å². The molecule has 0 atom stereocenters. The van der Waals surface area contributed by atoms with E-state index in [9.17, 15) is 9.59 Å². The summed E-state index contributed by atoms with van der Waals surface area (Å²) in [6, 6.07) is 0. The van der Waals surface area contributed by atoms with E-state index < -0.39 is 11.9 Å². The topological polar surface area (TPSA) is 116 Å². The molecule has 0 aliphatic rings. The highest BCUT2D eigenvalue weighted by Crippen LogP contribution is 2.18. The number of carbonyl (C=O) groups is 2. The summed E-state index contributed by atoms with van der Waals surface area (Å²) >= 11 is 8.56. The van der Waals surface area contributed by atoms with Gasteiger partial charge in [0.05, 0.1) is 13.2 Å². The molecule has 0 aliphatic carbocycles. The van der Waals surface area contributed by atoms with Crippen LogP contribution in [0.5, 0.6) is 0 Å². The SMILES string of the molecule is CCNc1nc(SC)ncc1C(=O)OCC.CCOC(=O)c1cnc(SC)nc1Cl. The number of halogens is 1. The standard InChI is InChI=1S/C10H15N3O2S.C8H9ClN2O2S/c1-4-11-8-7(9(14)15-5-2)6-12-10(13-8)16-3;1-3-13-7(12)5-4-10-8(14-2)11-6(5)9/h6H,4-5H2,1-3H3,(H,11,12,13);4H,3H2,1-2H3. The van der Waals surface area contributed by atoms with E-state index in [1.807, 2.05) is 19.4 Å². The Bertz CT molecular complexity index is 857. The number of hydrogen-bond acceptors (Lipinski definition) is 11. The van der Waals surface area contributed by atoms with Crippen molar-refractivity contribution in [2.75, 3.05) is 37.6 Å². The summed E-state index contributed by atoms with van der Waals surface area (Å²) in [7, 11) is 0. The van der Waals surface area contributed by atoms with Crippen LogP contribution < -0.4 is 5.32 Å². The Morgan fingerprint density at radius 2 is 1.43 bits per heavy atom. The average Bonchev–Trinajstić information content (AvgIpc) is 2.74. The number of nitrogens with zero attached hydrogens (tertiary/aromatic N) is 4. The lowest BCUT2D eigenvalue weighted by molar-refractivity contribution is 0.0516. The number of esters is 2. The summed E-state index contributed by atoms with van der Waals surface area (Å²) in [5.41, 5.74) is 0.577. The van der Waals surface area contributed by atoms with Crippen molar-refractivity contribution >= 4 is 52.9 Å². The maximum absolute atomic E-state index is 11.6. The Balaban J connectivity index is 0.000000303. The second kappa shape index (κ2) is 14.0. The van der Waals surface area contributed by atoms with Gasteiger partial charge in [-0.25, -0.2) is 29.5 Å². The van der Waals surface area contributed by atoms with Crippen molar-refractivity contribution in [3.05, 3.63) is 28.7 Å². The van der Waals surface area contributed by atoms with Gasteiger partial charge >= 0.3 is 11.9 Å². The van der Waals surface area contributed by atoms with E-state index in [1.165, 1.54) is 35.9 Å². The molecule has 0 radical (unpaired) electrons.